The summed E-state index contributed by atoms with van der Waals surface area (Å²) in [4.78, 5) is 33.6. The van der Waals surface area contributed by atoms with Crippen molar-refractivity contribution < 1.29 is 4.74 Å². The molecule has 8 nitrogen and oxygen atoms in total. The molecule has 2 fully saturated rings. The van der Waals surface area contributed by atoms with Crippen molar-refractivity contribution in [3.8, 4) is 0 Å². The Morgan fingerprint density at radius 3 is 2.79 bits per heavy atom. The lowest BCUT2D eigenvalue weighted by Crippen LogP contribution is -2.37. The molecule has 2 atom stereocenters. The quantitative estimate of drug-likeness (QED) is 0.843. The van der Waals surface area contributed by atoms with Crippen LogP contribution in [0.5, 0.6) is 0 Å². The minimum atomic E-state index is 0.0477. The van der Waals surface area contributed by atoms with Crippen molar-refractivity contribution >= 4 is 5.95 Å². The van der Waals surface area contributed by atoms with Crippen molar-refractivity contribution in [3.05, 3.63) is 45.4 Å². The van der Waals surface area contributed by atoms with Crippen molar-refractivity contribution in [3.63, 3.8) is 0 Å². The molecular formula is C20H26N6O2. The maximum atomic E-state index is 12.3. The van der Waals surface area contributed by atoms with Gasteiger partial charge in [0.05, 0.1) is 18.9 Å². The molecular weight excluding hydrogens is 356 g/mol. The van der Waals surface area contributed by atoms with Gasteiger partial charge in [0.15, 0.2) is 0 Å². The number of ether oxygens (including phenoxy) is 1. The topological polar surface area (TPSA) is 87.2 Å². The first-order valence-corrected chi connectivity index (χ1v) is 10.1. The molecule has 2 aromatic heterocycles. The van der Waals surface area contributed by atoms with E-state index in [-0.39, 0.29) is 5.56 Å². The standard InChI is InChI=1S/C20H26N6O2/c1-13-23-18-16(19(27)24-13)3-2-15-11-25(12-17(15)18)10-14-8-21-20(22-9-14)26-4-6-28-7-5-26/h8-9,15,17H,2-7,10-12H2,1H3,(H,23,24,27)/t15-,17+/m1/s1. The normalized spacial score (nSPS) is 24.8. The highest BCUT2D eigenvalue weighted by molar-refractivity contribution is 5.31. The Kier molecular flexibility index (Phi) is 4.60. The lowest BCUT2D eigenvalue weighted by molar-refractivity contribution is 0.122. The van der Waals surface area contributed by atoms with E-state index in [0.717, 1.165) is 87.4 Å². The summed E-state index contributed by atoms with van der Waals surface area (Å²) in [6.07, 6.45) is 5.79. The third kappa shape index (κ3) is 3.31. The zero-order chi connectivity index (χ0) is 19.1. The van der Waals surface area contributed by atoms with Crippen molar-refractivity contribution in [1.29, 1.82) is 0 Å². The summed E-state index contributed by atoms with van der Waals surface area (Å²) in [5.41, 5.74) is 3.10. The summed E-state index contributed by atoms with van der Waals surface area (Å²) in [6, 6.07) is 0. The van der Waals surface area contributed by atoms with E-state index in [1.54, 1.807) is 0 Å². The Bertz CT molecular complexity index is 906. The summed E-state index contributed by atoms with van der Waals surface area (Å²) in [7, 11) is 0. The molecule has 0 radical (unpaired) electrons. The van der Waals surface area contributed by atoms with E-state index in [1.165, 1.54) is 0 Å². The summed E-state index contributed by atoms with van der Waals surface area (Å²) in [6.45, 7) is 7.86. The van der Waals surface area contributed by atoms with Gasteiger partial charge in [0.25, 0.3) is 5.56 Å². The number of nitrogens with zero attached hydrogens (tertiary/aromatic N) is 5. The Labute approximate surface area is 164 Å². The van der Waals surface area contributed by atoms with Gasteiger partial charge >= 0.3 is 0 Å². The first-order chi connectivity index (χ1) is 13.7. The number of rotatable bonds is 3. The predicted molar refractivity (Wildman–Crippen MR) is 104 cm³/mol. The summed E-state index contributed by atoms with van der Waals surface area (Å²) in [5, 5.41) is 0. The number of morpholine rings is 1. The van der Waals surface area contributed by atoms with Gasteiger partial charge in [-0.25, -0.2) is 15.0 Å². The van der Waals surface area contributed by atoms with E-state index in [4.69, 9.17) is 9.72 Å². The molecule has 0 aromatic carbocycles. The minimum absolute atomic E-state index is 0.0477. The lowest BCUT2D eigenvalue weighted by atomic mass is 9.80. The van der Waals surface area contributed by atoms with Crippen LogP contribution in [0.15, 0.2) is 17.2 Å². The molecule has 4 heterocycles. The van der Waals surface area contributed by atoms with Gasteiger partial charge in [-0.05, 0) is 25.7 Å². The van der Waals surface area contributed by atoms with Gasteiger partial charge in [-0.2, -0.15) is 0 Å². The van der Waals surface area contributed by atoms with Crippen molar-refractivity contribution in [1.82, 2.24) is 24.8 Å². The maximum Gasteiger partial charge on any atom is 0.254 e. The fourth-order valence-electron chi connectivity index (χ4n) is 4.82. The van der Waals surface area contributed by atoms with Crippen LogP contribution in [0.25, 0.3) is 0 Å². The predicted octanol–water partition coefficient (Wildman–Crippen LogP) is 0.867. The highest BCUT2D eigenvalue weighted by Gasteiger charge is 2.39. The van der Waals surface area contributed by atoms with Crippen LogP contribution in [0.3, 0.4) is 0 Å². The molecule has 0 amide bonds. The molecule has 5 rings (SSSR count). The van der Waals surface area contributed by atoms with Gasteiger partial charge in [0.2, 0.25) is 5.95 Å². The Morgan fingerprint density at radius 2 is 2.00 bits per heavy atom. The second kappa shape index (κ2) is 7.25. The average Bonchev–Trinajstić information content (AvgIpc) is 3.12. The Morgan fingerprint density at radius 1 is 1.21 bits per heavy atom. The highest BCUT2D eigenvalue weighted by Crippen LogP contribution is 2.39. The number of aromatic amines is 1. The first kappa shape index (κ1) is 17.8. The molecule has 2 saturated heterocycles. The number of hydrogen-bond acceptors (Lipinski definition) is 7. The largest absolute Gasteiger partial charge is 0.378 e. The summed E-state index contributed by atoms with van der Waals surface area (Å²) < 4.78 is 5.39. The average molecular weight is 382 g/mol. The molecule has 2 aromatic rings. The molecule has 1 N–H and O–H groups in total. The van der Waals surface area contributed by atoms with E-state index in [9.17, 15) is 4.79 Å². The van der Waals surface area contributed by atoms with Gasteiger partial charge < -0.3 is 14.6 Å². The van der Waals surface area contributed by atoms with Crippen LogP contribution >= 0.6 is 0 Å². The molecule has 148 valence electrons. The smallest absolute Gasteiger partial charge is 0.254 e. The molecule has 0 spiro atoms. The third-order valence-electron chi connectivity index (χ3n) is 6.19. The van der Waals surface area contributed by atoms with Crippen molar-refractivity contribution in [2.24, 2.45) is 5.92 Å². The van der Waals surface area contributed by atoms with Crippen LogP contribution in [0, 0.1) is 12.8 Å². The molecule has 0 bridgehead atoms. The van der Waals surface area contributed by atoms with Crippen LogP contribution in [0.1, 0.15) is 35.0 Å². The number of nitrogens with one attached hydrogen (secondary N) is 1. The first-order valence-electron chi connectivity index (χ1n) is 10.1. The number of aryl methyl sites for hydroxylation is 1. The zero-order valence-electron chi connectivity index (χ0n) is 16.2. The van der Waals surface area contributed by atoms with Gasteiger partial charge in [0, 0.05) is 62.2 Å². The van der Waals surface area contributed by atoms with Gasteiger partial charge in [-0.3, -0.25) is 9.69 Å². The fraction of sp³-hybridized carbons (Fsp3) is 0.600. The Hall–Kier alpha value is -2.32. The second-order valence-corrected chi connectivity index (χ2v) is 8.11. The van der Waals surface area contributed by atoms with Crippen LogP contribution in [-0.2, 0) is 17.7 Å². The molecule has 8 heteroatoms. The molecule has 3 aliphatic rings. The number of fused-ring (bicyclic) bond motifs is 3. The summed E-state index contributed by atoms with van der Waals surface area (Å²) >= 11 is 0. The van der Waals surface area contributed by atoms with E-state index in [0.29, 0.717) is 11.8 Å². The number of anilines is 1. The SMILES string of the molecule is Cc1nc2c(c(=O)[nH]1)CC[C@@H]1CN(Cc3cnc(N4CCOCC4)nc3)C[C@H]21. The van der Waals surface area contributed by atoms with Crippen LogP contribution in [0.2, 0.25) is 0 Å². The molecule has 2 aliphatic heterocycles. The summed E-state index contributed by atoms with van der Waals surface area (Å²) in [5.74, 6) is 2.44. The second-order valence-electron chi connectivity index (χ2n) is 8.11. The van der Waals surface area contributed by atoms with E-state index >= 15 is 0 Å². The zero-order valence-corrected chi connectivity index (χ0v) is 16.2. The number of H-pyrrole nitrogens is 1. The molecule has 0 unspecified atom stereocenters. The highest BCUT2D eigenvalue weighted by atomic mass is 16.5. The fourth-order valence-corrected chi connectivity index (χ4v) is 4.82. The number of aromatic nitrogens is 4. The minimum Gasteiger partial charge on any atom is -0.378 e. The van der Waals surface area contributed by atoms with Gasteiger partial charge in [-0.15, -0.1) is 0 Å². The van der Waals surface area contributed by atoms with E-state index in [2.05, 4.69) is 24.8 Å². The van der Waals surface area contributed by atoms with Crippen molar-refractivity contribution in [2.45, 2.75) is 32.2 Å². The number of hydrogen-bond donors (Lipinski definition) is 1. The number of likely N-dealkylation sites (tertiary alicyclic amines) is 1. The van der Waals surface area contributed by atoms with E-state index in [1.807, 2.05) is 19.3 Å². The monoisotopic (exact) mass is 382 g/mol. The lowest BCUT2D eigenvalue weighted by Gasteiger charge is -2.26. The molecule has 0 saturated carbocycles. The van der Waals surface area contributed by atoms with Crippen LogP contribution < -0.4 is 10.5 Å². The van der Waals surface area contributed by atoms with Crippen LogP contribution in [0.4, 0.5) is 5.95 Å². The van der Waals surface area contributed by atoms with Crippen LogP contribution in [-0.4, -0.2) is 64.2 Å². The van der Waals surface area contributed by atoms with Gasteiger partial charge in [0.1, 0.15) is 5.82 Å². The van der Waals surface area contributed by atoms with E-state index < -0.39 is 0 Å². The van der Waals surface area contributed by atoms with Gasteiger partial charge in [-0.1, -0.05) is 0 Å². The maximum absolute atomic E-state index is 12.3. The molecule has 28 heavy (non-hydrogen) atoms. The third-order valence-corrected chi connectivity index (χ3v) is 6.19. The molecule has 1 aliphatic carbocycles. The Balaban J connectivity index is 1.28. The van der Waals surface area contributed by atoms with Crippen molar-refractivity contribution in [2.75, 3.05) is 44.3 Å².